The highest BCUT2D eigenvalue weighted by molar-refractivity contribution is 14.0. The summed E-state index contributed by atoms with van der Waals surface area (Å²) in [6, 6.07) is 6.91. The van der Waals surface area contributed by atoms with Crippen molar-refractivity contribution in [3.63, 3.8) is 0 Å². The zero-order chi connectivity index (χ0) is 17.7. The van der Waals surface area contributed by atoms with E-state index >= 15 is 0 Å². The van der Waals surface area contributed by atoms with Crippen molar-refractivity contribution in [3.05, 3.63) is 35.6 Å². The molecule has 1 aliphatic heterocycles. The number of morpholine rings is 1. The lowest BCUT2D eigenvalue weighted by molar-refractivity contribution is 0.0373. The maximum atomic E-state index is 13.6. The topological polar surface area (TPSA) is 48.9 Å². The van der Waals surface area contributed by atoms with E-state index in [2.05, 4.69) is 20.5 Å². The van der Waals surface area contributed by atoms with Crippen LogP contribution < -0.4 is 10.6 Å². The number of hydrogen-bond donors (Lipinski definition) is 2. The Bertz CT molecular complexity index is 524. The molecule has 1 fully saturated rings. The minimum absolute atomic E-state index is 0. The van der Waals surface area contributed by atoms with Gasteiger partial charge in [0.15, 0.2) is 5.96 Å². The minimum atomic E-state index is -0.144. The summed E-state index contributed by atoms with van der Waals surface area (Å²) in [5, 5.41) is 6.52. The van der Waals surface area contributed by atoms with Crippen LogP contribution in [0.2, 0.25) is 0 Å². The van der Waals surface area contributed by atoms with Crippen LogP contribution in [0.3, 0.4) is 0 Å². The van der Waals surface area contributed by atoms with Crippen LogP contribution in [0.5, 0.6) is 0 Å². The molecule has 5 nitrogen and oxygen atoms in total. The highest BCUT2D eigenvalue weighted by Crippen LogP contribution is 2.06. The van der Waals surface area contributed by atoms with E-state index in [0.717, 1.165) is 70.3 Å². The highest BCUT2D eigenvalue weighted by atomic mass is 127. The number of benzene rings is 1. The molecule has 7 heteroatoms. The van der Waals surface area contributed by atoms with Crippen LogP contribution in [-0.4, -0.2) is 63.3 Å². The predicted molar refractivity (Wildman–Crippen MR) is 116 cm³/mol. The van der Waals surface area contributed by atoms with Crippen LogP contribution in [-0.2, 0) is 11.2 Å². The first-order chi connectivity index (χ1) is 12.3. The average molecular weight is 478 g/mol. The summed E-state index contributed by atoms with van der Waals surface area (Å²) in [6.45, 7) is 9.26. The number of nitrogens with zero attached hydrogens (tertiary/aromatic N) is 2. The normalized spacial score (nSPS) is 15.4. The number of aliphatic imine (C=N–C) groups is 1. The van der Waals surface area contributed by atoms with Gasteiger partial charge in [0.05, 0.1) is 13.2 Å². The number of rotatable bonds is 9. The molecular weight excluding hydrogens is 446 g/mol. The second kappa shape index (κ2) is 14.2. The van der Waals surface area contributed by atoms with Gasteiger partial charge in [0, 0.05) is 32.7 Å². The Kier molecular flexibility index (Phi) is 12.6. The first-order valence-corrected chi connectivity index (χ1v) is 9.35. The van der Waals surface area contributed by atoms with Gasteiger partial charge in [-0.05, 0) is 44.4 Å². The number of guanidine groups is 1. The monoisotopic (exact) mass is 478 g/mol. The molecule has 2 N–H and O–H groups in total. The molecule has 0 bridgehead atoms. The average Bonchev–Trinajstić information content (AvgIpc) is 2.64. The summed E-state index contributed by atoms with van der Waals surface area (Å²) in [6.07, 6.45) is 2.87. The van der Waals surface area contributed by atoms with E-state index in [9.17, 15) is 4.39 Å². The third-order valence-corrected chi connectivity index (χ3v) is 4.24. The van der Waals surface area contributed by atoms with Crippen LogP contribution in [0.15, 0.2) is 29.3 Å². The molecule has 0 aromatic heterocycles. The summed E-state index contributed by atoms with van der Waals surface area (Å²) < 4.78 is 19.0. The zero-order valence-corrected chi connectivity index (χ0v) is 18.0. The molecule has 0 amide bonds. The van der Waals surface area contributed by atoms with Gasteiger partial charge < -0.3 is 15.4 Å². The number of halogens is 2. The Labute approximate surface area is 173 Å². The molecule has 0 saturated carbocycles. The summed E-state index contributed by atoms with van der Waals surface area (Å²) in [5.74, 6) is 0.666. The van der Waals surface area contributed by atoms with Crippen LogP contribution in [0, 0.1) is 5.82 Å². The van der Waals surface area contributed by atoms with Crippen molar-refractivity contribution in [2.75, 3.05) is 52.5 Å². The first-order valence-electron chi connectivity index (χ1n) is 9.35. The zero-order valence-electron chi connectivity index (χ0n) is 15.7. The third-order valence-electron chi connectivity index (χ3n) is 4.24. The predicted octanol–water partition coefficient (Wildman–Crippen LogP) is 2.65. The molecule has 1 saturated heterocycles. The maximum Gasteiger partial charge on any atom is 0.191 e. The molecule has 26 heavy (non-hydrogen) atoms. The van der Waals surface area contributed by atoms with E-state index in [1.54, 1.807) is 6.07 Å². The van der Waals surface area contributed by atoms with Crippen LogP contribution in [0.4, 0.5) is 4.39 Å². The van der Waals surface area contributed by atoms with Gasteiger partial charge in [0.1, 0.15) is 5.82 Å². The van der Waals surface area contributed by atoms with Gasteiger partial charge in [-0.15, -0.1) is 24.0 Å². The number of hydrogen-bond acceptors (Lipinski definition) is 3. The molecule has 2 rings (SSSR count). The standard InChI is InChI=1S/C19H31FN4O.HI/c1-2-21-19(23-11-9-17-7-3-4-8-18(17)20)22-10-5-6-12-24-13-15-25-16-14-24;/h3-4,7-8H,2,5-6,9-16H2,1H3,(H2,21,22,23);1H. The molecule has 1 heterocycles. The molecule has 0 unspecified atom stereocenters. The Morgan fingerprint density at radius 3 is 2.69 bits per heavy atom. The van der Waals surface area contributed by atoms with Gasteiger partial charge in [0.25, 0.3) is 0 Å². The van der Waals surface area contributed by atoms with Crippen molar-refractivity contribution < 1.29 is 9.13 Å². The Hall–Kier alpha value is -0.930. The van der Waals surface area contributed by atoms with E-state index in [1.807, 2.05) is 19.1 Å². The molecule has 1 aromatic rings. The van der Waals surface area contributed by atoms with Gasteiger partial charge in [0.2, 0.25) is 0 Å². The Balaban J connectivity index is 0.00000338. The number of ether oxygens (including phenoxy) is 1. The van der Waals surface area contributed by atoms with Crippen molar-refractivity contribution in [1.82, 2.24) is 15.5 Å². The maximum absolute atomic E-state index is 13.6. The molecule has 1 aromatic carbocycles. The molecule has 0 atom stereocenters. The summed E-state index contributed by atoms with van der Waals surface area (Å²) in [4.78, 5) is 7.06. The van der Waals surface area contributed by atoms with Crippen LogP contribution in [0.1, 0.15) is 25.3 Å². The Morgan fingerprint density at radius 1 is 1.19 bits per heavy atom. The summed E-state index contributed by atoms with van der Waals surface area (Å²) >= 11 is 0. The van der Waals surface area contributed by atoms with Crippen molar-refractivity contribution in [1.29, 1.82) is 0 Å². The van der Waals surface area contributed by atoms with Gasteiger partial charge in [-0.3, -0.25) is 9.89 Å². The third kappa shape index (κ3) is 9.14. The minimum Gasteiger partial charge on any atom is -0.379 e. The van der Waals surface area contributed by atoms with Crippen molar-refractivity contribution in [2.24, 2.45) is 4.99 Å². The number of nitrogens with one attached hydrogen (secondary N) is 2. The second-order valence-corrected chi connectivity index (χ2v) is 6.19. The SMILES string of the molecule is CCNC(=NCCCCN1CCOCC1)NCCc1ccccc1F.I. The summed E-state index contributed by atoms with van der Waals surface area (Å²) in [5.41, 5.74) is 0.733. The smallest absolute Gasteiger partial charge is 0.191 e. The van der Waals surface area contributed by atoms with Crippen molar-refractivity contribution in [3.8, 4) is 0 Å². The van der Waals surface area contributed by atoms with Gasteiger partial charge in [-0.25, -0.2) is 4.39 Å². The van der Waals surface area contributed by atoms with E-state index < -0.39 is 0 Å². The number of unbranched alkanes of at least 4 members (excludes halogenated alkanes) is 1. The lowest BCUT2D eigenvalue weighted by Crippen LogP contribution is -2.38. The van der Waals surface area contributed by atoms with E-state index in [0.29, 0.717) is 13.0 Å². The van der Waals surface area contributed by atoms with Gasteiger partial charge >= 0.3 is 0 Å². The molecule has 148 valence electrons. The van der Waals surface area contributed by atoms with E-state index in [1.165, 1.54) is 6.07 Å². The van der Waals surface area contributed by atoms with Crippen LogP contribution >= 0.6 is 24.0 Å². The molecule has 0 aliphatic carbocycles. The van der Waals surface area contributed by atoms with E-state index in [4.69, 9.17) is 4.74 Å². The van der Waals surface area contributed by atoms with Crippen molar-refractivity contribution in [2.45, 2.75) is 26.2 Å². The molecular formula is C19H32FIN4O. The second-order valence-electron chi connectivity index (χ2n) is 6.19. The quantitative estimate of drug-likeness (QED) is 0.248. The van der Waals surface area contributed by atoms with Crippen LogP contribution in [0.25, 0.3) is 0 Å². The van der Waals surface area contributed by atoms with Gasteiger partial charge in [-0.1, -0.05) is 18.2 Å². The van der Waals surface area contributed by atoms with E-state index in [-0.39, 0.29) is 29.8 Å². The molecule has 1 aliphatic rings. The molecule has 0 spiro atoms. The lowest BCUT2D eigenvalue weighted by Gasteiger charge is -2.26. The highest BCUT2D eigenvalue weighted by Gasteiger charge is 2.09. The first kappa shape index (κ1) is 23.1. The summed E-state index contributed by atoms with van der Waals surface area (Å²) in [7, 11) is 0. The fraction of sp³-hybridized carbons (Fsp3) is 0.632. The lowest BCUT2D eigenvalue weighted by atomic mass is 10.1. The molecule has 0 radical (unpaired) electrons. The largest absolute Gasteiger partial charge is 0.379 e. The fourth-order valence-electron chi connectivity index (χ4n) is 2.82. The van der Waals surface area contributed by atoms with Gasteiger partial charge in [-0.2, -0.15) is 0 Å². The van der Waals surface area contributed by atoms with Crippen molar-refractivity contribution >= 4 is 29.9 Å². The Morgan fingerprint density at radius 2 is 1.96 bits per heavy atom. The fourth-order valence-corrected chi connectivity index (χ4v) is 2.82.